The van der Waals surface area contributed by atoms with E-state index in [4.69, 9.17) is 52.6 Å². The molecule has 0 saturated carbocycles. The first-order valence-electron chi connectivity index (χ1n) is 28.2. The summed E-state index contributed by atoms with van der Waals surface area (Å²) in [5.41, 5.74) is 5.79. The van der Waals surface area contributed by atoms with Gasteiger partial charge in [0.15, 0.2) is 23.0 Å². The zero-order chi connectivity index (χ0) is 58.7. The molecule has 5 aromatic carbocycles. The second-order valence-corrected chi connectivity index (χ2v) is 22.6. The third kappa shape index (κ3) is 14.6. The summed E-state index contributed by atoms with van der Waals surface area (Å²) >= 11 is 2.93. The van der Waals surface area contributed by atoms with Gasteiger partial charge in [-0.2, -0.15) is 0 Å². The van der Waals surface area contributed by atoms with Crippen LogP contribution >= 0.6 is 22.7 Å². The normalized spacial score (nSPS) is 14.8. The lowest BCUT2D eigenvalue weighted by molar-refractivity contribution is 0.0566. The van der Waals surface area contributed by atoms with Gasteiger partial charge in [-0.05, 0) is 60.5 Å². The van der Waals surface area contributed by atoms with Gasteiger partial charge in [-0.25, -0.2) is 14.8 Å². The summed E-state index contributed by atoms with van der Waals surface area (Å²) in [5, 5.41) is 5.31. The number of methoxy groups -OCH3 is 3. The highest BCUT2D eigenvalue weighted by molar-refractivity contribution is 7.10. The fourth-order valence-electron chi connectivity index (χ4n) is 10.6. The van der Waals surface area contributed by atoms with E-state index in [-0.39, 0.29) is 31.5 Å². The van der Waals surface area contributed by atoms with Gasteiger partial charge in [0.05, 0.1) is 41.0 Å². The number of amides is 3. The highest BCUT2D eigenvalue weighted by atomic mass is 32.1. The van der Waals surface area contributed by atoms with Gasteiger partial charge in [0.2, 0.25) is 13.6 Å². The van der Waals surface area contributed by atoms with Crippen LogP contribution in [-0.2, 0) is 44.0 Å². The quantitative estimate of drug-likeness (QED) is 0.0590. The summed E-state index contributed by atoms with van der Waals surface area (Å²) in [6.07, 6.45) is 3.85. The highest BCUT2D eigenvalue weighted by Gasteiger charge is 2.29. The van der Waals surface area contributed by atoms with Crippen molar-refractivity contribution in [3.63, 3.8) is 0 Å². The van der Waals surface area contributed by atoms with E-state index in [1.807, 2.05) is 113 Å². The molecule has 444 valence electrons. The van der Waals surface area contributed by atoms with E-state index < -0.39 is 0 Å². The monoisotopic (exact) mass is 1190 g/mol. The third-order valence-electron chi connectivity index (χ3n) is 15.0. The second-order valence-electron chi connectivity index (χ2n) is 20.7. The van der Waals surface area contributed by atoms with Crippen molar-refractivity contribution in [3.8, 4) is 51.7 Å². The summed E-state index contributed by atoms with van der Waals surface area (Å²) in [6.45, 7) is 10.6. The van der Waals surface area contributed by atoms with Crippen LogP contribution in [0, 0.1) is 0 Å². The molecule has 6 heterocycles. The minimum Gasteiger partial charge on any atom is -0.497 e. The van der Waals surface area contributed by atoms with E-state index in [1.54, 1.807) is 38.1 Å². The number of benzene rings is 5. The molecule has 0 spiro atoms. The van der Waals surface area contributed by atoms with Crippen LogP contribution in [0.3, 0.4) is 0 Å². The Labute approximate surface area is 502 Å². The van der Waals surface area contributed by atoms with Crippen molar-refractivity contribution in [1.29, 1.82) is 0 Å². The van der Waals surface area contributed by atoms with Crippen molar-refractivity contribution in [2.75, 3.05) is 100 Å². The Hall–Kier alpha value is -8.41. The first-order valence-corrected chi connectivity index (χ1v) is 30.0. The van der Waals surface area contributed by atoms with Crippen LogP contribution in [0.5, 0.6) is 51.7 Å². The number of carbonyl (C=O) groups excluding carboxylic acids is 3. The molecule has 0 aliphatic carbocycles. The Balaban J connectivity index is 0.692. The average Bonchev–Trinajstić information content (AvgIpc) is 4.53. The Morgan fingerprint density at radius 2 is 1.07 bits per heavy atom. The van der Waals surface area contributed by atoms with Crippen LogP contribution in [-0.4, -0.2) is 158 Å². The molecule has 2 saturated heterocycles. The van der Waals surface area contributed by atoms with Crippen LogP contribution in [0.25, 0.3) is 6.08 Å². The van der Waals surface area contributed by atoms with Crippen molar-refractivity contribution in [2.24, 2.45) is 0 Å². The Morgan fingerprint density at radius 1 is 0.553 bits per heavy atom. The van der Waals surface area contributed by atoms with Gasteiger partial charge < -0.3 is 57.3 Å². The number of carbonyl (C=O) groups is 3. The topological polar surface area (TPSA) is 180 Å². The molecule has 0 atom stereocenters. The minimum atomic E-state index is -0.361. The maximum Gasteiger partial charge on any atom is 0.409 e. The molecule has 4 aliphatic rings. The molecule has 0 unspecified atom stereocenters. The summed E-state index contributed by atoms with van der Waals surface area (Å²) < 4.78 is 51.5. The number of fused-ring (bicyclic) bond motifs is 2. The molecule has 7 aromatic rings. The van der Waals surface area contributed by atoms with Crippen LogP contribution in [0.15, 0.2) is 114 Å². The van der Waals surface area contributed by atoms with Crippen molar-refractivity contribution in [2.45, 2.75) is 46.2 Å². The van der Waals surface area contributed by atoms with E-state index in [0.717, 1.165) is 68.2 Å². The predicted molar refractivity (Wildman–Crippen MR) is 320 cm³/mol. The highest BCUT2D eigenvalue weighted by Crippen LogP contribution is 2.37. The van der Waals surface area contributed by atoms with Gasteiger partial charge in [-0.1, -0.05) is 54.6 Å². The van der Waals surface area contributed by atoms with Crippen molar-refractivity contribution >= 4 is 46.7 Å². The summed E-state index contributed by atoms with van der Waals surface area (Å²) in [5.74, 6) is 6.07. The van der Waals surface area contributed by atoms with Gasteiger partial charge in [0, 0.05) is 125 Å². The molecule has 20 nitrogen and oxygen atoms in total. The molecule has 2 aromatic heterocycles. The SMILES string of the molecule is CCOC(=O)N1CCN(C(=O)c2csc(CN(Cc3ccc4c(c3)OCO4)Cc3ccc(Oc4ccccc4/C=C/CN4CCN(C(=O)c5csc(CN(Cc6ccc7c(c6)OCO7)Cc6ccc(OC)cc6OC)n5)CC4)cc3OC)n2)CC1. The van der Waals surface area contributed by atoms with E-state index >= 15 is 0 Å². The molecule has 0 radical (unpaired) electrons. The molecule has 85 heavy (non-hydrogen) atoms. The van der Waals surface area contributed by atoms with Gasteiger partial charge in [-0.3, -0.25) is 24.3 Å². The lowest BCUT2D eigenvalue weighted by Crippen LogP contribution is -2.50. The largest absolute Gasteiger partial charge is 0.497 e. The number of ether oxygens (including phenoxy) is 9. The molecule has 4 aliphatic heterocycles. The molecule has 3 amide bonds. The van der Waals surface area contributed by atoms with Crippen LogP contribution < -0.4 is 37.9 Å². The van der Waals surface area contributed by atoms with E-state index in [1.165, 1.54) is 22.7 Å². The third-order valence-corrected chi connectivity index (χ3v) is 16.7. The van der Waals surface area contributed by atoms with Gasteiger partial charge in [0.25, 0.3) is 11.8 Å². The number of thiazole rings is 2. The Kier molecular flexibility index (Phi) is 18.9. The number of aromatic nitrogens is 2. The fourth-order valence-corrected chi connectivity index (χ4v) is 12.2. The molecule has 11 rings (SSSR count). The van der Waals surface area contributed by atoms with Crippen LogP contribution in [0.2, 0.25) is 0 Å². The van der Waals surface area contributed by atoms with E-state index in [0.29, 0.717) is 138 Å². The number of hydrogen-bond acceptors (Lipinski definition) is 19. The van der Waals surface area contributed by atoms with E-state index in [2.05, 4.69) is 26.9 Å². The number of piperazine rings is 2. The minimum absolute atomic E-state index is 0.0633. The maximum absolute atomic E-state index is 13.9. The zero-order valence-electron chi connectivity index (χ0n) is 48.1. The molecule has 22 heteroatoms. The van der Waals surface area contributed by atoms with Crippen molar-refractivity contribution in [3.05, 3.63) is 163 Å². The first-order chi connectivity index (χ1) is 41.6. The first kappa shape index (κ1) is 58.4. The second kappa shape index (κ2) is 27.5. The molecule has 0 bridgehead atoms. The lowest BCUT2D eigenvalue weighted by Gasteiger charge is -2.33. The summed E-state index contributed by atoms with van der Waals surface area (Å²) in [7, 11) is 4.95. The molecular formula is C63H68N8O12S2. The summed E-state index contributed by atoms with van der Waals surface area (Å²) in [4.78, 5) is 61.6. The molecule has 2 fully saturated rings. The predicted octanol–water partition coefficient (Wildman–Crippen LogP) is 9.67. The van der Waals surface area contributed by atoms with Crippen LogP contribution in [0.1, 0.15) is 65.7 Å². The number of para-hydroxylation sites is 1. The smallest absolute Gasteiger partial charge is 0.409 e. The van der Waals surface area contributed by atoms with Gasteiger partial charge >= 0.3 is 6.09 Å². The van der Waals surface area contributed by atoms with Crippen LogP contribution in [0.4, 0.5) is 4.79 Å². The van der Waals surface area contributed by atoms with E-state index in [9.17, 15) is 14.4 Å². The Bertz CT molecular complexity index is 3500. The van der Waals surface area contributed by atoms with Gasteiger partial charge in [-0.15, -0.1) is 22.7 Å². The Morgan fingerprint density at radius 3 is 1.62 bits per heavy atom. The van der Waals surface area contributed by atoms with Gasteiger partial charge in [0.1, 0.15) is 50.2 Å². The molecule has 0 N–H and O–H groups in total. The number of rotatable bonds is 23. The average molecular weight is 1190 g/mol. The van der Waals surface area contributed by atoms with Crippen molar-refractivity contribution < 1.29 is 57.0 Å². The lowest BCUT2D eigenvalue weighted by atomic mass is 10.1. The molecular weight excluding hydrogens is 1120 g/mol. The van der Waals surface area contributed by atoms with Crippen molar-refractivity contribution in [1.82, 2.24) is 39.4 Å². The number of nitrogens with zero attached hydrogens (tertiary/aromatic N) is 8. The summed E-state index contributed by atoms with van der Waals surface area (Å²) in [6, 6.07) is 31.6. The number of hydrogen-bond donors (Lipinski definition) is 0. The maximum atomic E-state index is 13.9. The standard InChI is InChI=1S/C63H68N8O12S2/c1-5-78-63(74)71-27-25-70(26-28-71)62(73)51-40-85-60(65-51)38-68(34-44-13-19-54-58(30-44)82-42-80-54)36-47-15-17-49(32-56(47)77-4)83-52-11-7-6-9-45(52)10-8-20-66-21-23-69(24-22-66)61(72)50-39-84-59(64-50)37-67(33-43-12-18-53-57(29-43)81-41-79-53)35-46-14-16-48(75-2)31-55(46)76-3/h6-19,29-32,39-40H,5,20-28,33-38,41-42H2,1-4H3/b10-8+. The zero-order valence-corrected chi connectivity index (χ0v) is 49.7. The fraction of sp³-hybridized carbons (Fsp3) is 0.349.